The van der Waals surface area contributed by atoms with Crippen molar-refractivity contribution in [3.8, 4) is 0 Å². The van der Waals surface area contributed by atoms with E-state index in [1.807, 2.05) is 31.2 Å². The Hall–Kier alpha value is -2.29. The first-order valence-electron chi connectivity index (χ1n) is 7.17. The molecule has 0 saturated carbocycles. The summed E-state index contributed by atoms with van der Waals surface area (Å²) in [6, 6.07) is 16.2. The highest BCUT2D eigenvalue weighted by Gasteiger charge is 2.11. The summed E-state index contributed by atoms with van der Waals surface area (Å²) in [5, 5.41) is 3.33. The first-order chi connectivity index (χ1) is 10.2. The molecule has 2 rings (SSSR count). The molecule has 0 bridgehead atoms. The fourth-order valence-electron chi connectivity index (χ4n) is 2.25. The summed E-state index contributed by atoms with van der Waals surface area (Å²) >= 11 is 0. The van der Waals surface area contributed by atoms with Gasteiger partial charge in [-0.2, -0.15) is 0 Å². The minimum absolute atomic E-state index is 0.302. The molecule has 0 heterocycles. The van der Waals surface area contributed by atoms with Crippen LogP contribution in [0.1, 0.15) is 27.9 Å². The molecular formula is C18H21NO2. The summed E-state index contributed by atoms with van der Waals surface area (Å²) in [6.45, 7) is 2.79. The second-order valence-corrected chi connectivity index (χ2v) is 5.06. The van der Waals surface area contributed by atoms with Gasteiger partial charge in [0.1, 0.15) is 0 Å². The van der Waals surface area contributed by atoms with E-state index in [-0.39, 0.29) is 5.97 Å². The molecule has 0 spiro atoms. The summed E-state index contributed by atoms with van der Waals surface area (Å²) in [6.07, 6.45) is 2.03. The Morgan fingerprint density at radius 1 is 1.14 bits per heavy atom. The predicted octanol–water partition coefficient (Wildman–Crippen LogP) is 3.83. The third-order valence-electron chi connectivity index (χ3n) is 3.38. The first-order valence-corrected chi connectivity index (χ1v) is 7.17. The molecule has 2 aromatic carbocycles. The number of ether oxygens (including phenoxy) is 1. The quantitative estimate of drug-likeness (QED) is 0.647. The van der Waals surface area contributed by atoms with Gasteiger partial charge in [-0.05, 0) is 37.5 Å². The molecule has 3 nitrogen and oxygen atoms in total. The molecule has 0 aliphatic rings. The third-order valence-corrected chi connectivity index (χ3v) is 3.38. The van der Waals surface area contributed by atoms with Crippen LogP contribution in [0.25, 0.3) is 0 Å². The van der Waals surface area contributed by atoms with Crippen molar-refractivity contribution in [3.05, 3.63) is 65.2 Å². The number of esters is 1. The molecule has 0 amide bonds. The van der Waals surface area contributed by atoms with E-state index in [0.29, 0.717) is 5.56 Å². The average Bonchev–Trinajstić information content (AvgIpc) is 2.53. The summed E-state index contributed by atoms with van der Waals surface area (Å²) in [4.78, 5) is 11.8. The van der Waals surface area contributed by atoms with Crippen molar-refractivity contribution in [2.75, 3.05) is 19.0 Å². The maximum Gasteiger partial charge on any atom is 0.339 e. The minimum atomic E-state index is -0.302. The topological polar surface area (TPSA) is 38.3 Å². The number of carbonyl (C=O) groups is 1. The Morgan fingerprint density at radius 3 is 2.62 bits per heavy atom. The summed E-state index contributed by atoms with van der Waals surface area (Å²) in [5.41, 5.74) is 3.80. The SMILES string of the molecule is COC(=O)c1cc(C)ccc1NCCCc1ccccc1. The van der Waals surface area contributed by atoms with Crippen molar-refractivity contribution in [3.63, 3.8) is 0 Å². The van der Waals surface area contributed by atoms with E-state index in [1.54, 1.807) is 0 Å². The molecule has 0 atom stereocenters. The molecule has 0 radical (unpaired) electrons. The maximum absolute atomic E-state index is 11.8. The fraction of sp³-hybridized carbons (Fsp3) is 0.278. The number of aryl methyl sites for hydroxylation is 2. The number of nitrogens with one attached hydrogen (secondary N) is 1. The number of carbonyl (C=O) groups excluding carboxylic acids is 1. The smallest absolute Gasteiger partial charge is 0.339 e. The minimum Gasteiger partial charge on any atom is -0.465 e. The van der Waals surface area contributed by atoms with Crippen LogP contribution in [-0.4, -0.2) is 19.6 Å². The van der Waals surface area contributed by atoms with Crippen LogP contribution in [0.5, 0.6) is 0 Å². The monoisotopic (exact) mass is 283 g/mol. The molecule has 0 saturated heterocycles. The van der Waals surface area contributed by atoms with Crippen LogP contribution in [0.4, 0.5) is 5.69 Å². The van der Waals surface area contributed by atoms with Crippen LogP contribution >= 0.6 is 0 Å². The molecule has 1 N–H and O–H groups in total. The Kier molecular flexibility index (Phi) is 5.38. The maximum atomic E-state index is 11.8. The van der Waals surface area contributed by atoms with Gasteiger partial charge in [0, 0.05) is 12.2 Å². The lowest BCUT2D eigenvalue weighted by atomic mass is 10.1. The van der Waals surface area contributed by atoms with Gasteiger partial charge >= 0.3 is 5.97 Å². The van der Waals surface area contributed by atoms with Crippen LogP contribution < -0.4 is 5.32 Å². The van der Waals surface area contributed by atoms with Crippen LogP contribution in [0.3, 0.4) is 0 Å². The largest absolute Gasteiger partial charge is 0.465 e. The van der Waals surface area contributed by atoms with Crippen molar-refractivity contribution < 1.29 is 9.53 Å². The number of hydrogen-bond acceptors (Lipinski definition) is 3. The van der Waals surface area contributed by atoms with Crippen molar-refractivity contribution >= 4 is 11.7 Å². The molecule has 0 aliphatic carbocycles. The highest BCUT2D eigenvalue weighted by atomic mass is 16.5. The Balaban J connectivity index is 1.92. The van der Waals surface area contributed by atoms with Gasteiger partial charge in [0.2, 0.25) is 0 Å². The summed E-state index contributed by atoms with van der Waals surface area (Å²) < 4.78 is 4.83. The number of benzene rings is 2. The molecule has 0 unspecified atom stereocenters. The molecular weight excluding hydrogens is 262 g/mol. The molecule has 3 heteroatoms. The van der Waals surface area contributed by atoms with Gasteiger partial charge in [-0.25, -0.2) is 4.79 Å². The Bertz CT molecular complexity index is 593. The van der Waals surface area contributed by atoms with Gasteiger partial charge < -0.3 is 10.1 Å². The highest BCUT2D eigenvalue weighted by Crippen LogP contribution is 2.18. The van der Waals surface area contributed by atoms with Crippen LogP contribution in [-0.2, 0) is 11.2 Å². The van der Waals surface area contributed by atoms with E-state index in [4.69, 9.17) is 4.74 Å². The Labute approximate surface area is 126 Å². The Morgan fingerprint density at radius 2 is 1.90 bits per heavy atom. The standard InChI is InChI=1S/C18H21NO2/c1-14-10-11-17(16(13-14)18(20)21-2)19-12-6-9-15-7-4-3-5-8-15/h3-5,7-8,10-11,13,19H,6,9,12H2,1-2H3. The van der Waals surface area contributed by atoms with Crippen LogP contribution in [0.2, 0.25) is 0 Å². The normalized spacial score (nSPS) is 10.2. The first kappa shape index (κ1) is 15.1. The van der Waals surface area contributed by atoms with E-state index in [0.717, 1.165) is 30.6 Å². The molecule has 0 fully saturated rings. The second kappa shape index (κ2) is 7.48. The van der Waals surface area contributed by atoms with Gasteiger partial charge in [-0.1, -0.05) is 42.0 Å². The molecule has 21 heavy (non-hydrogen) atoms. The summed E-state index contributed by atoms with van der Waals surface area (Å²) in [5.74, 6) is -0.302. The number of methoxy groups -OCH3 is 1. The fourth-order valence-corrected chi connectivity index (χ4v) is 2.25. The zero-order chi connectivity index (χ0) is 15.1. The molecule has 110 valence electrons. The van der Waals surface area contributed by atoms with Gasteiger partial charge in [0.05, 0.1) is 12.7 Å². The zero-order valence-corrected chi connectivity index (χ0v) is 12.6. The van der Waals surface area contributed by atoms with Gasteiger partial charge in [-0.3, -0.25) is 0 Å². The van der Waals surface area contributed by atoms with E-state index in [1.165, 1.54) is 12.7 Å². The second-order valence-electron chi connectivity index (χ2n) is 5.06. The van der Waals surface area contributed by atoms with Crippen molar-refractivity contribution in [1.82, 2.24) is 0 Å². The number of anilines is 1. The van der Waals surface area contributed by atoms with Crippen LogP contribution in [0.15, 0.2) is 48.5 Å². The lowest BCUT2D eigenvalue weighted by Gasteiger charge is -2.11. The van der Waals surface area contributed by atoms with Gasteiger partial charge in [-0.15, -0.1) is 0 Å². The van der Waals surface area contributed by atoms with Crippen molar-refractivity contribution in [1.29, 1.82) is 0 Å². The van der Waals surface area contributed by atoms with Gasteiger partial charge in [0.15, 0.2) is 0 Å². The van der Waals surface area contributed by atoms with E-state index < -0.39 is 0 Å². The average molecular weight is 283 g/mol. The van der Waals surface area contributed by atoms with E-state index >= 15 is 0 Å². The zero-order valence-electron chi connectivity index (χ0n) is 12.6. The number of rotatable bonds is 6. The van der Waals surface area contributed by atoms with Crippen molar-refractivity contribution in [2.45, 2.75) is 19.8 Å². The van der Waals surface area contributed by atoms with E-state index in [9.17, 15) is 4.79 Å². The predicted molar refractivity (Wildman–Crippen MR) is 85.8 cm³/mol. The van der Waals surface area contributed by atoms with Crippen molar-refractivity contribution in [2.24, 2.45) is 0 Å². The highest BCUT2D eigenvalue weighted by molar-refractivity contribution is 5.95. The molecule has 0 aliphatic heterocycles. The lowest BCUT2D eigenvalue weighted by Crippen LogP contribution is -2.10. The van der Waals surface area contributed by atoms with E-state index in [2.05, 4.69) is 29.6 Å². The van der Waals surface area contributed by atoms with Gasteiger partial charge in [0.25, 0.3) is 0 Å². The number of hydrogen-bond donors (Lipinski definition) is 1. The summed E-state index contributed by atoms with van der Waals surface area (Å²) in [7, 11) is 1.41. The lowest BCUT2D eigenvalue weighted by molar-refractivity contribution is 0.0601. The molecule has 2 aromatic rings. The molecule has 0 aromatic heterocycles. The third kappa shape index (κ3) is 4.35. The van der Waals surface area contributed by atoms with Crippen LogP contribution in [0, 0.1) is 6.92 Å².